The van der Waals surface area contributed by atoms with E-state index in [0.29, 0.717) is 24.2 Å². The number of aromatic nitrogens is 1. The van der Waals surface area contributed by atoms with Gasteiger partial charge in [-0.1, -0.05) is 48.5 Å². The second-order valence-electron chi connectivity index (χ2n) is 6.67. The third-order valence-electron chi connectivity index (χ3n) is 4.78. The molecule has 0 saturated heterocycles. The molecule has 0 saturated carbocycles. The molecule has 4 rings (SSSR count). The van der Waals surface area contributed by atoms with E-state index in [1.165, 1.54) is 9.95 Å². The van der Waals surface area contributed by atoms with Crippen LogP contribution in [0.15, 0.2) is 75.9 Å². The molecule has 0 aliphatic heterocycles. The highest BCUT2D eigenvalue weighted by molar-refractivity contribution is 5.83. The number of rotatable bonds is 5. The van der Waals surface area contributed by atoms with Crippen LogP contribution in [0.1, 0.15) is 12.0 Å². The minimum absolute atomic E-state index is 0.0136. The van der Waals surface area contributed by atoms with Crippen LogP contribution < -0.4 is 5.76 Å². The summed E-state index contributed by atoms with van der Waals surface area (Å²) in [6, 6.07) is 21.6. The molecule has 136 valence electrons. The van der Waals surface area contributed by atoms with Crippen molar-refractivity contribution in [1.82, 2.24) is 9.47 Å². The summed E-state index contributed by atoms with van der Waals surface area (Å²) < 4.78 is 6.72. The summed E-state index contributed by atoms with van der Waals surface area (Å²) in [4.78, 5) is 26.2. The smallest absolute Gasteiger partial charge is 0.408 e. The van der Waals surface area contributed by atoms with Gasteiger partial charge in [-0.2, -0.15) is 0 Å². The third-order valence-corrected chi connectivity index (χ3v) is 4.78. The fourth-order valence-electron chi connectivity index (χ4n) is 3.32. The molecule has 0 aliphatic rings. The van der Waals surface area contributed by atoms with Crippen molar-refractivity contribution in [1.29, 1.82) is 0 Å². The Kier molecular flexibility index (Phi) is 4.50. The standard InChI is InChI=1S/C22H20N2O3/c1-23(15-16-10-11-17-6-2-3-7-18(17)14-16)21(25)12-13-24-19-8-4-5-9-20(19)27-22(24)26/h2-11,14H,12-13,15H2,1H3. The Bertz CT molecular complexity index is 1170. The van der Waals surface area contributed by atoms with E-state index in [-0.39, 0.29) is 12.3 Å². The summed E-state index contributed by atoms with van der Waals surface area (Å²) >= 11 is 0. The summed E-state index contributed by atoms with van der Waals surface area (Å²) in [7, 11) is 1.79. The van der Waals surface area contributed by atoms with Crippen LogP contribution in [0.3, 0.4) is 0 Å². The number of oxazole rings is 1. The Morgan fingerprint density at radius 1 is 1.00 bits per heavy atom. The van der Waals surface area contributed by atoms with Gasteiger partial charge in [0.1, 0.15) is 0 Å². The Hall–Kier alpha value is -3.34. The maximum Gasteiger partial charge on any atom is 0.419 e. The Balaban J connectivity index is 1.44. The van der Waals surface area contributed by atoms with E-state index in [9.17, 15) is 9.59 Å². The maximum absolute atomic E-state index is 12.5. The predicted octanol–water partition coefficient (Wildman–Crippen LogP) is 3.80. The number of carbonyl (C=O) groups is 1. The maximum atomic E-state index is 12.5. The highest BCUT2D eigenvalue weighted by atomic mass is 16.4. The van der Waals surface area contributed by atoms with Crippen molar-refractivity contribution < 1.29 is 9.21 Å². The topological polar surface area (TPSA) is 55.5 Å². The van der Waals surface area contributed by atoms with Crippen LogP contribution in [0, 0.1) is 0 Å². The van der Waals surface area contributed by atoms with Crippen molar-refractivity contribution >= 4 is 27.8 Å². The number of para-hydroxylation sites is 2. The summed E-state index contributed by atoms with van der Waals surface area (Å²) in [5.41, 5.74) is 2.34. The fourth-order valence-corrected chi connectivity index (χ4v) is 3.32. The second kappa shape index (κ2) is 7.11. The molecule has 0 spiro atoms. The molecule has 0 N–H and O–H groups in total. The first-order valence-electron chi connectivity index (χ1n) is 8.92. The molecule has 0 unspecified atom stereocenters. The first-order chi connectivity index (χ1) is 13.1. The highest BCUT2D eigenvalue weighted by Crippen LogP contribution is 2.17. The van der Waals surface area contributed by atoms with Gasteiger partial charge in [0.15, 0.2) is 5.58 Å². The SMILES string of the molecule is CN(Cc1ccc2ccccc2c1)C(=O)CCn1c(=O)oc2ccccc21. The predicted molar refractivity (Wildman–Crippen MR) is 106 cm³/mol. The molecule has 1 aromatic heterocycles. The number of aryl methyl sites for hydroxylation is 1. The van der Waals surface area contributed by atoms with Crippen LogP contribution in [0.5, 0.6) is 0 Å². The Labute approximate surface area is 156 Å². The number of benzene rings is 3. The van der Waals surface area contributed by atoms with E-state index in [0.717, 1.165) is 10.9 Å². The molecule has 5 heteroatoms. The quantitative estimate of drug-likeness (QED) is 0.544. The van der Waals surface area contributed by atoms with Gasteiger partial charge in [0.25, 0.3) is 0 Å². The Morgan fingerprint density at radius 3 is 2.59 bits per heavy atom. The van der Waals surface area contributed by atoms with Gasteiger partial charge in [-0.3, -0.25) is 9.36 Å². The molecule has 1 heterocycles. The van der Waals surface area contributed by atoms with Crippen molar-refractivity contribution in [3.63, 3.8) is 0 Å². The van der Waals surface area contributed by atoms with Crippen molar-refractivity contribution in [2.75, 3.05) is 7.05 Å². The number of amides is 1. The van der Waals surface area contributed by atoms with Crippen molar-refractivity contribution in [2.24, 2.45) is 0 Å². The van der Waals surface area contributed by atoms with Crippen molar-refractivity contribution in [3.05, 3.63) is 82.8 Å². The van der Waals surface area contributed by atoms with Crippen LogP contribution in [0.4, 0.5) is 0 Å². The number of fused-ring (bicyclic) bond motifs is 2. The van der Waals surface area contributed by atoms with Crippen LogP contribution in [-0.2, 0) is 17.9 Å². The van der Waals surface area contributed by atoms with Crippen LogP contribution in [-0.4, -0.2) is 22.4 Å². The lowest BCUT2D eigenvalue weighted by molar-refractivity contribution is -0.130. The van der Waals surface area contributed by atoms with Gasteiger partial charge >= 0.3 is 5.76 Å². The fraction of sp³-hybridized carbons (Fsp3) is 0.182. The lowest BCUT2D eigenvalue weighted by Crippen LogP contribution is -2.28. The van der Waals surface area contributed by atoms with E-state index in [1.54, 1.807) is 18.0 Å². The minimum Gasteiger partial charge on any atom is -0.408 e. The number of hydrogen-bond acceptors (Lipinski definition) is 3. The van der Waals surface area contributed by atoms with Crippen LogP contribution in [0.25, 0.3) is 21.9 Å². The van der Waals surface area contributed by atoms with Gasteiger partial charge in [-0.15, -0.1) is 0 Å². The van der Waals surface area contributed by atoms with Crippen molar-refractivity contribution in [2.45, 2.75) is 19.5 Å². The minimum atomic E-state index is -0.429. The lowest BCUT2D eigenvalue weighted by Gasteiger charge is -2.17. The molecule has 27 heavy (non-hydrogen) atoms. The zero-order valence-corrected chi connectivity index (χ0v) is 15.1. The summed E-state index contributed by atoms with van der Waals surface area (Å²) in [5.74, 6) is -0.443. The van der Waals surface area contributed by atoms with Gasteiger partial charge in [-0.05, 0) is 34.5 Å². The van der Waals surface area contributed by atoms with Gasteiger partial charge in [0.2, 0.25) is 5.91 Å². The molecule has 0 radical (unpaired) electrons. The molecular weight excluding hydrogens is 340 g/mol. The van der Waals surface area contributed by atoms with Gasteiger partial charge in [0, 0.05) is 26.6 Å². The van der Waals surface area contributed by atoms with E-state index in [2.05, 4.69) is 24.3 Å². The average Bonchev–Trinajstić information content (AvgIpc) is 3.01. The van der Waals surface area contributed by atoms with E-state index in [1.807, 2.05) is 36.4 Å². The van der Waals surface area contributed by atoms with Crippen LogP contribution in [0.2, 0.25) is 0 Å². The lowest BCUT2D eigenvalue weighted by atomic mass is 10.1. The van der Waals surface area contributed by atoms with Gasteiger partial charge in [0.05, 0.1) is 5.52 Å². The normalized spacial score (nSPS) is 11.1. The highest BCUT2D eigenvalue weighted by Gasteiger charge is 2.13. The van der Waals surface area contributed by atoms with Gasteiger partial charge in [-0.25, -0.2) is 4.79 Å². The molecule has 4 aromatic rings. The molecule has 0 atom stereocenters. The molecule has 0 aliphatic carbocycles. The van der Waals surface area contributed by atoms with Crippen molar-refractivity contribution in [3.8, 4) is 0 Å². The molecule has 1 amide bonds. The Morgan fingerprint density at radius 2 is 1.74 bits per heavy atom. The second-order valence-corrected chi connectivity index (χ2v) is 6.67. The summed E-state index contributed by atoms with van der Waals surface area (Å²) in [6.45, 7) is 0.835. The molecule has 3 aromatic carbocycles. The number of nitrogens with zero attached hydrogens (tertiary/aromatic N) is 2. The molecule has 0 fully saturated rings. The largest absolute Gasteiger partial charge is 0.419 e. The molecular formula is C22H20N2O3. The monoisotopic (exact) mass is 360 g/mol. The van der Waals surface area contributed by atoms with Gasteiger partial charge < -0.3 is 9.32 Å². The first-order valence-corrected chi connectivity index (χ1v) is 8.92. The summed E-state index contributed by atoms with van der Waals surface area (Å²) in [6.07, 6.45) is 0.244. The summed E-state index contributed by atoms with van der Waals surface area (Å²) in [5, 5.41) is 2.34. The zero-order chi connectivity index (χ0) is 18.8. The van der Waals surface area contributed by atoms with E-state index < -0.39 is 5.76 Å². The third kappa shape index (κ3) is 3.49. The average molecular weight is 360 g/mol. The molecule has 0 bridgehead atoms. The number of hydrogen-bond donors (Lipinski definition) is 0. The first kappa shape index (κ1) is 17.1. The number of carbonyl (C=O) groups excluding carboxylic acids is 1. The zero-order valence-electron chi connectivity index (χ0n) is 15.1. The van der Waals surface area contributed by atoms with E-state index in [4.69, 9.17) is 4.42 Å². The van der Waals surface area contributed by atoms with Crippen LogP contribution >= 0.6 is 0 Å². The molecule has 5 nitrogen and oxygen atoms in total. The van der Waals surface area contributed by atoms with E-state index >= 15 is 0 Å².